The molecule has 0 spiro atoms. The normalized spacial score (nSPS) is 13.2. The zero-order valence-electron chi connectivity index (χ0n) is 11.4. The van der Waals surface area contributed by atoms with Crippen LogP contribution in [0.25, 0.3) is 0 Å². The third-order valence-corrected chi connectivity index (χ3v) is 2.34. The number of Topliss-reactive ketones (excluding diaryl/α,β-unsaturated/α-hetero) is 1. The number of esters is 1. The average Bonchev–Trinajstić information content (AvgIpc) is 2.13. The molecule has 17 heavy (non-hydrogen) atoms. The molecule has 4 heteroatoms. The Morgan fingerprint density at radius 3 is 2.24 bits per heavy atom. The van der Waals surface area contributed by atoms with Crippen LogP contribution in [0.15, 0.2) is 0 Å². The lowest BCUT2D eigenvalue weighted by Crippen LogP contribution is -2.27. The lowest BCUT2D eigenvalue weighted by molar-refractivity contribution is -0.154. The Hall–Kier alpha value is -0.900. The molecule has 0 saturated heterocycles. The highest BCUT2D eigenvalue weighted by Crippen LogP contribution is 2.11. The molecule has 0 rings (SSSR count). The molecule has 0 bridgehead atoms. The topological polar surface area (TPSA) is 69.4 Å². The van der Waals surface area contributed by atoms with Crippen LogP contribution >= 0.6 is 0 Å². The molecule has 0 aromatic carbocycles. The van der Waals surface area contributed by atoms with Crippen LogP contribution in [0.4, 0.5) is 0 Å². The van der Waals surface area contributed by atoms with Gasteiger partial charge in [-0.15, -0.1) is 0 Å². The maximum atomic E-state index is 11.4. The molecule has 0 saturated carbocycles. The summed E-state index contributed by atoms with van der Waals surface area (Å²) in [5.74, 6) is -0.134. The fourth-order valence-corrected chi connectivity index (χ4v) is 1.41. The molecule has 100 valence electrons. The highest BCUT2D eigenvalue weighted by molar-refractivity contribution is 5.81. The number of unbranched alkanes of at least 4 members (excludes halogenated alkanes) is 2. The van der Waals surface area contributed by atoms with E-state index < -0.39 is 5.60 Å². The lowest BCUT2D eigenvalue weighted by Gasteiger charge is -2.19. The van der Waals surface area contributed by atoms with Crippen LogP contribution in [0.3, 0.4) is 0 Å². The molecule has 4 nitrogen and oxygen atoms in total. The SMILES string of the molecule is CC(=O)[C@@H](N)CCCCCC(=O)OC(C)(C)C. The molecule has 0 amide bonds. The number of nitrogens with two attached hydrogens (primary N) is 1. The zero-order valence-corrected chi connectivity index (χ0v) is 11.4. The van der Waals surface area contributed by atoms with Gasteiger partial charge in [-0.25, -0.2) is 0 Å². The summed E-state index contributed by atoms with van der Waals surface area (Å²) in [6.45, 7) is 7.08. The molecule has 0 aliphatic heterocycles. The number of rotatable bonds is 7. The van der Waals surface area contributed by atoms with E-state index in [1.54, 1.807) is 0 Å². The summed E-state index contributed by atoms with van der Waals surface area (Å²) in [7, 11) is 0. The molecule has 0 heterocycles. The standard InChI is InChI=1S/C13H25NO3/c1-10(15)11(14)8-6-5-7-9-12(16)17-13(2,3)4/h11H,5-9,14H2,1-4H3/t11-/m0/s1. The lowest BCUT2D eigenvalue weighted by atomic mass is 10.1. The number of ketones is 1. The maximum absolute atomic E-state index is 11.4. The van der Waals surface area contributed by atoms with Gasteiger partial charge in [0.25, 0.3) is 0 Å². The van der Waals surface area contributed by atoms with Gasteiger partial charge in [0, 0.05) is 6.42 Å². The Kier molecular flexibility index (Phi) is 7.04. The van der Waals surface area contributed by atoms with Crippen LogP contribution in [0.5, 0.6) is 0 Å². The molecule has 0 fully saturated rings. The summed E-state index contributed by atoms with van der Waals surface area (Å²) in [6, 6.07) is -0.350. The first kappa shape index (κ1) is 16.1. The van der Waals surface area contributed by atoms with Crippen molar-refractivity contribution in [1.29, 1.82) is 0 Å². The van der Waals surface area contributed by atoms with Crippen LogP contribution < -0.4 is 5.73 Å². The van der Waals surface area contributed by atoms with Crippen molar-refractivity contribution < 1.29 is 14.3 Å². The second kappa shape index (κ2) is 7.43. The smallest absolute Gasteiger partial charge is 0.306 e. The van der Waals surface area contributed by atoms with E-state index >= 15 is 0 Å². The van der Waals surface area contributed by atoms with Crippen LogP contribution in [-0.4, -0.2) is 23.4 Å². The largest absolute Gasteiger partial charge is 0.460 e. The second-order valence-electron chi connectivity index (χ2n) is 5.40. The minimum atomic E-state index is -0.409. The number of hydrogen-bond acceptors (Lipinski definition) is 4. The highest BCUT2D eigenvalue weighted by atomic mass is 16.6. The molecule has 0 unspecified atom stereocenters. The minimum Gasteiger partial charge on any atom is -0.460 e. The molecule has 1 atom stereocenters. The van der Waals surface area contributed by atoms with E-state index in [1.165, 1.54) is 6.92 Å². The van der Waals surface area contributed by atoms with E-state index in [0.29, 0.717) is 12.8 Å². The Balaban J connectivity index is 3.52. The van der Waals surface area contributed by atoms with Gasteiger partial charge in [-0.2, -0.15) is 0 Å². The Morgan fingerprint density at radius 1 is 1.18 bits per heavy atom. The van der Waals surface area contributed by atoms with Crippen molar-refractivity contribution in [1.82, 2.24) is 0 Å². The Morgan fingerprint density at radius 2 is 1.76 bits per heavy atom. The molecule has 2 N–H and O–H groups in total. The van der Waals surface area contributed by atoms with Crippen molar-refractivity contribution in [3.8, 4) is 0 Å². The summed E-state index contributed by atoms with van der Waals surface area (Å²) in [4.78, 5) is 22.2. The van der Waals surface area contributed by atoms with Gasteiger partial charge in [0.2, 0.25) is 0 Å². The molecular formula is C13H25NO3. The molecule has 0 aromatic heterocycles. The molecule has 0 aliphatic carbocycles. The predicted molar refractivity (Wildman–Crippen MR) is 67.6 cm³/mol. The van der Waals surface area contributed by atoms with Gasteiger partial charge < -0.3 is 10.5 Å². The molecule has 0 aromatic rings. The predicted octanol–water partition coefficient (Wildman–Crippen LogP) is 2.19. The number of carbonyl (C=O) groups is 2. The number of carbonyl (C=O) groups excluding carboxylic acids is 2. The van der Waals surface area contributed by atoms with Crippen molar-refractivity contribution in [3.05, 3.63) is 0 Å². The minimum absolute atomic E-state index is 0.0251. The highest BCUT2D eigenvalue weighted by Gasteiger charge is 2.15. The monoisotopic (exact) mass is 243 g/mol. The first-order valence-corrected chi connectivity index (χ1v) is 6.20. The van der Waals surface area contributed by atoms with Crippen molar-refractivity contribution in [3.63, 3.8) is 0 Å². The van der Waals surface area contributed by atoms with Gasteiger partial charge in [-0.3, -0.25) is 9.59 Å². The van der Waals surface area contributed by atoms with Crippen LogP contribution in [-0.2, 0) is 14.3 Å². The van der Waals surface area contributed by atoms with E-state index in [-0.39, 0.29) is 17.8 Å². The van der Waals surface area contributed by atoms with Gasteiger partial charge in [0.15, 0.2) is 0 Å². The summed E-state index contributed by atoms with van der Waals surface area (Å²) in [6.07, 6.45) is 3.71. The fourth-order valence-electron chi connectivity index (χ4n) is 1.41. The van der Waals surface area contributed by atoms with E-state index in [4.69, 9.17) is 10.5 Å². The summed E-state index contributed by atoms with van der Waals surface area (Å²) in [5.41, 5.74) is 5.19. The van der Waals surface area contributed by atoms with Gasteiger partial charge in [0.05, 0.1) is 6.04 Å². The third-order valence-electron chi connectivity index (χ3n) is 2.34. The zero-order chi connectivity index (χ0) is 13.5. The quantitative estimate of drug-likeness (QED) is 0.549. The maximum Gasteiger partial charge on any atom is 0.306 e. The third kappa shape index (κ3) is 10.00. The molecular weight excluding hydrogens is 218 g/mol. The first-order valence-electron chi connectivity index (χ1n) is 6.20. The van der Waals surface area contributed by atoms with Gasteiger partial charge in [-0.1, -0.05) is 12.8 Å². The van der Waals surface area contributed by atoms with E-state index in [9.17, 15) is 9.59 Å². The summed E-state index contributed by atoms with van der Waals surface area (Å²) >= 11 is 0. The first-order chi connectivity index (χ1) is 7.72. The van der Waals surface area contributed by atoms with Crippen molar-refractivity contribution in [2.75, 3.05) is 0 Å². The number of ether oxygens (including phenoxy) is 1. The van der Waals surface area contributed by atoms with Crippen LogP contribution in [0.2, 0.25) is 0 Å². The average molecular weight is 243 g/mol. The summed E-state index contributed by atoms with van der Waals surface area (Å²) < 4.78 is 5.19. The summed E-state index contributed by atoms with van der Waals surface area (Å²) in [5, 5.41) is 0. The van der Waals surface area contributed by atoms with Crippen molar-refractivity contribution in [2.45, 2.75) is 71.4 Å². The van der Waals surface area contributed by atoms with Gasteiger partial charge in [0.1, 0.15) is 11.4 Å². The Labute approximate surface area is 104 Å². The van der Waals surface area contributed by atoms with Gasteiger partial charge >= 0.3 is 5.97 Å². The van der Waals surface area contributed by atoms with E-state index in [1.807, 2.05) is 20.8 Å². The number of hydrogen-bond donors (Lipinski definition) is 1. The second-order valence-corrected chi connectivity index (χ2v) is 5.40. The molecule has 0 radical (unpaired) electrons. The van der Waals surface area contributed by atoms with Crippen LogP contribution in [0, 0.1) is 0 Å². The van der Waals surface area contributed by atoms with E-state index in [2.05, 4.69) is 0 Å². The van der Waals surface area contributed by atoms with Crippen LogP contribution in [0.1, 0.15) is 59.8 Å². The fraction of sp³-hybridized carbons (Fsp3) is 0.846. The molecule has 0 aliphatic rings. The van der Waals surface area contributed by atoms with E-state index in [0.717, 1.165) is 19.3 Å². The van der Waals surface area contributed by atoms with Gasteiger partial charge in [-0.05, 0) is 40.5 Å². The van der Waals surface area contributed by atoms with Crippen molar-refractivity contribution >= 4 is 11.8 Å². The van der Waals surface area contributed by atoms with Crippen molar-refractivity contribution in [2.24, 2.45) is 5.73 Å². The Bertz CT molecular complexity index is 256.